The second-order valence-corrected chi connectivity index (χ2v) is 12.3. The van der Waals surface area contributed by atoms with Gasteiger partial charge in [-0.25, -0.2) is 0 Å². The number of hydrogen-bond acceptors (Lipinski definition) is 2. The van der Waals surface area contributed by atoms with Crippen molar-refractivity contribution in [1.82, 2.24) is 4.98 Å². The molecule has 0 fully saturated rings. The van der Waals surface area contributed by atoms with E-state index in [1.807, 2.05) is 54.7 Å². The summed E-state index contributed by atoms with van der Waals surface area (Å²) < 4.78 is 0. The molecule has 1 aliphatic carbocycles. The number of nitrogens with zero attached hydrogens (tertiary/aromatic N) is 1. The first-order chi connectivity index (χ1) is 22.0. The second-order valence-electron chi connectivity index (χ2n) is 12.3. The van der Waals surface area contributed by atoms with Crippen LogP contribution in [0.3, 0.4) is 0 Å². The molecule has 0 aliphatic heterocycles. The van der Waals surface area contributed by atoms with Gasteiger partial charge in [0, 0.05) is 22.9 Å². The lowest BCUT2D eigenvalue weighted by atomic mass is 9.82. The minimum absolute atomic E-state index is 0.0276. The Bertz CT molecular complexity index is 1850. The first-order valence-electron chi connectivity index (χ1n) is 16.3. The fourth-order valence-electron chi connectivity index (χ4n) is 6.45. The Labute approximate surface area is 268 Å². The van der Waals surface area contributed by atoms with Crippen molar-refractivity contribution in [2.45, 2.75) is 52.4 Å². The Morgan fingerprint density at radius 1 is 0.711 bits per heavy atom. The van der Waals surface area contributed by atoms with Crippen LogP contribution in [0.2, 0.25) is 0 Å². The molecule has 1 heterocycles. The van der Waals surface area contributed by atoms with Gasteiger partial charge in [-0.15, -0.1) is 0 Å². The van der Waals surface area contributed by atoms with Gasteiger partial charge in [0.15, 0.2) is 5.78 Å². The molecule has 0 radical (unpaired) electrons. The van der Waals surface area contributed by atoms with Gasteiger partial charge in [-0.2, -0.15) is 0 Å². The average Bonchev–Trinajstić information content (AvgIpc) is 3.12. The summed E-state index contributed by atoms with van der Waals surface area (Å²) in [6.07, 6.45) is 13.0. The number of hydrogen-bond donors (Lipinski definition) is 0. The first kappa shape index (κ1) is 30.2. The molecule has 0 saturated heterocycles. The number of ketones is 1. The van der Waals surface area contributed by atoms with Crippen LogP contribution < -0.4 is 0 Å². The molecular formula is C43H41NO. The number of carbonyl (C=O) groups excluding carboxylic acids is 1. The number of pyridine rings is 1. The molecule has 5 aromatic rings. The van der Waals surface area contributed by atoms with E-state index in [0.29, 0.717) is 23.0 Å². The zero-order valence-electron chi connectivity index (χ0n) is 26.5. The van der Waals surface area contributed by atoms with E-state index in [4.69, 9.17) is 4.98 Å². The Morgan fingerprint density at radius 3 is 2.22 bits per heavy atom. The summed E-state index contributed by atoms with van der Waals surface area (Å²) in [7, 11) is 0. The van der Waals surface area contributed by atoms with Gasteiger partial charge in [0.1, 0.15) is 0 Å². The zero-order valence-corrected chi connectivity index (χ0v) is 26.5. The zero-order chi connectivity index (χ0) is 31.2. The van der Waals surface area contributed by atoms with Crippen LogP contribution >= 0.6 is 0 Å². The normalized spacial score (nSPS) is 14.1. The lowest BCUT2D eigenvalue weighted by Gasteiger charge is -2.23. The highest BCUT2D eigenvalue weighted by molar-refractivity contribution is 6.10. The standard InChI is InChI=1S/C43H41NO/c1-4-14-30(2)31(3)40-23-22-35(29-41(40)42-21-11-12-24-44-42)34-19-13-20-36(25-34)43(45)39-27-37(32-15-7-5-8-16-32)26-38(28-39)33-17-9-6-10-18-33/h5,7-9,11-13,15-31H,4,6,10,14H2,1-3H3. The van der Waals surface area contributed by atoms with Crippen LogP contribution in [0, 0.1) is 5.92 Å². The Morgan fingerprint density at radius 2 is 1.47 bits per heavy atom. The molecule has 1 aliphatic rings. The van der Waals surface area contributed by atoms with E-state index >= 15 is 0 Å². The fourth-order valence-corrected chi connectivity index (χ4v) is 6.45. The maximum atomic E-state index is 14.2. The number of benzene rings is 4. The predicted molar refractivity (Wildman–Crippen MR) is 189 cm³/mol. The Balaban J connectivity index is 1.39. The molecule has 0 spiro atoms. The number of allylic oxidation sites excluding steroid dienone is 4. The smallest absolute Gasteiger partial charge is 0.193 e. The van der Waals surface area contributed by atoms with Crippen molar-refractivity contribution in [3.05, 3.63) is 156 Å². The fraction of sp³-hybridized carbons (Fsp3) is 0.209. The van der Waals surface area contributed by atoms with Crippen molar-refractivity contribution in [3.63, 3.8) is 0 Å². The van der Waals surface area contributed by atoms with Crippen LogP contribution in [0.15, 0.2) is 134 Å². The predicted octanol–water partition coefficient (Wildman–Crippen LogP) is 11.6. The number of aromatic nitrogens is 1. The molecule has 0 bridgehead atoms. The van der Waals surface area contributed by atoms with Gasteiger partial charge in [-0.1, -0.05) is 119 Å². The number of carbonyl (C=O) groups is 1. The quantitative estimate of drug-likeness (QED) is 0.152. The van der Waals surface area contributed by atoms with Crippen molar-refractivity contribution in [2.75, 3.05) is 0 Å². The lowest BCUT2D eigenvalue weighted by Crippen LogP contribution is -2.08. The van der Waals surface area contributed by atoms with E-state index in [1.165, 1.54) is 24.0 Å². The van der Waals surface area contributed by atoms with Gasteiger partial charge in [-0.3, -0.25) is 9.78 Å². The van der Waals surface area contributed by atoms with Crippen molar-refractivity contribution in [1.29, 1.82) is 0 Å². The van der Waals surface area contributed by atoms with Gasteiger partial charge >= 0.3 is 0 Å². The topological polar surface area (TPSA) is 30.0 Å². The second kappa shape index (κ2) is 13.9. The molecule has 45 heavy (non-hydrogen) atoms. The van der Waals surface area contributed by atoms with Gasteiger partial charge in [0.25, 0.3) is 0 Å². The lowest BCUT2D eigenvalue weighted by molar-refractivity contribution is 0.103. The summed E-state index contributed by atoms with van der Waals surface area (Å²) in [6, 6.07) is 37.5. The van der Waals surface area contributed by atoms with Gasteiger partial charge < -0.3 is 0 Å². The molecule has 0 N–H and O–H groups in total. The molecule has 2 unspecified atom stereocenters. The molecule has 2 heteroatoms. The highest BCUT2D eigenvalue weighted by Crippen LogP contribution is 2.37. The van der Waals surface area contributed by atoms with Gasteiger partial charge in [-0.05, 0) is 106 Å². The highest BCUT2D eigenvalue weighted by Gasteiger charge is 2.20. The highest BCUT2D eigenvalue weighted by atomic mass is 16.1. The van der Waals surface area contributed by atoms with Crippen molar-refractivity contribution < 1.29 is 4.79 Å². The van der Waals surface area contributed by atoms with Gasteiger partial charge in [0.05, 0.1) is 5.69 Å². The molecule has 6 rings (SSSR count). The molecule has 2 nitrogen and oxygen atoms in total. The first-order valence-corrected chi connectivity index (χ1v) is 16.3. The third-order valence-electron chi connectivity index (χ3n) is 9.17. The van der Waals surface area contributed by atoms with Crippen LogP contribution in [-0.2, 0) is 0 Å². The summed E-state index contributed by atoms with van der Waals surface area (Å²) in [4.78, 5) is 18.9. The van der Waals surface area contributed by atoms with Crippen molar-refractivity contribution in [2.24, 2.45) is 5.92 Å². The van der Waals surface area contributed by atoms with E-state index < -0.39 is 0 Å². The van der Waals surface area contributed by atoms with E-state index in [9.17, 15) is 4.79 Å². The van der Waals surface area contributed by atoms with E-state index in [1.54, 1.807) is 0 Å². The largest absolute Gasteiger partial charge is 0.289 e. The van der Waals surface area contributed by atoms with E-state index in [2.05, 4.69) is 99.7 Å². The van der Waals surface area contributed by atoms with E-state index in [-0.39, 0.29) is 5.78 Å². The molecule has 2 atom stereocenters. The third kappa shape index (κ3) is 6.81. The Hall–Kier alpha value is -4.82. The van der Waals surface area contributed by atoms with Crippen molar-refractivity contribution >= 4 is 11.4 Å². The monoisotopic (exact) mass is 587 g/mol. The summed E-state index contributed by atoms with van der Waals surface area (Å²) in [6.45, 7) is 6.93. The molecule has 224 valence electrons. The molecule has 1 aromatic heterocycles. The summed E-state index contributed by atoms with van der Waals surface area (Å²) >= 11 is 0. The molecule has 0 amide bonds. The Kier molecular flexibility index (Phi) is 9.31. The maximum absolute atomic E-state index is 14.2. The van der Waals surface area contributed by atoms with Crippen LogP contribution in [0.5, 0.6) is 0 Å². The van der Waals surface area contributed by atoms with Crippen LogP contribution in [0.4, 0.5) is 0 Å². The van der Waals surface area contributed by atoms with Crippen LogP contribution in [0.1, 0.15) is 79.4 Å². The molecular weight excluding hydrogens is 546 g/mol. The molecule has 4 aromatic carbocycles. The van der Waals surface area contributed by atoms with Gasteiger partial charge in [0.2, 0.25) is 0 Å². The van der Waals surface area contributed by atoms with Crippen LogP contribution in [-0.4, -0.2) is 10.8 Å². The van der Waals surface area contributed by atoms with Crippen molar-refractivity contribution in [3.8, 4) is 33.5 Å². The average molecular weight is 588 g/mol. The third-order valence-corrected chi connectivity index (χ3v) is 9.17. The minimum atomic E-state index is 0.0276. The maximum Gasteiger partial charge on any atom is 0.193 e. The summed E-state index contributed by atoms with van der Waals surface area (Å²) in [5, 5.41) is 0. The SMILES string of the molecule is CCCC(C)C(C)c1ccc(-c2cccc(C(=O)c3cc(C4=CCCC=C4)cc(-c4ccccc4)c3)c2)cc1-c1ccccn1. The van der Waals surface area contributed by atoms with Crippen LogP contribution in [0.25, 0.3) is 39.1 Å². The summed E-state index contributed by atoms with van der Waals surface area (Å²) in [5.41, 5.74) is 11.4. The molecule has 0 saturated carbocycles. The minimum Gasteiger partial charge on any atom is -0.289 e. The summed E-state index contributed by atoms with van der Waals surface area (Å²) in [5.74, 6) is 1.00. The number of rotatable bonds is 10. The van der Waals surface area contributed by atoms with E-state index in [0.717, 1.165) is 51.9 Å².